The summed E-state index contributed by atoms with van der Waals surface area (Å²) in [4.78, 5) is 72.0. The number of amides is 4. The van der Waals surface area contributed by atoms with E-state index in [-0.39, 0.29) is 49.2 Å². The molecule has 5 rings (SSSR count). The number of ketones is 1. The van der Waals surface area contributed by atoms with Crippen LogP contribution in [0.3, 0.4) is 0 Å². The Bertz CT molecular complexity index is 1880. The third-order valence-corrected chi connectivity index (χ3v) is 9.19. The molecule has 2 aromatic carbocycles. The summed E-state index contributed by atoms with van der Waals surface area (Å²) < 4.78 is 10.5. The minimum Gasteiger partial charge on any atom is -0.361 e. The Labute approximate surface area is 309 Å². The zero-order chi connectivity index (χ0) is 38.3. The van der Waals surface area contributed by atoms with Gasteiger partial charge in [-0.3, -0.25) is 24.0 Å². The third-order valence-electron chi connectivity index (χ3n) is 9.19. The van der Waals surface area contributed by atoms with Crippen LogP contribution in [0, 0.1) is 18.8 Å². The van der Waals surface area contributed by atoms with Gasteiger partial charge in [0.05, 0.1) is 12.6 Å². The number of para-hydroxylation sites is 1. The van der Waals surface area contributed by atoms with Crippen LogP contribution in [-0.2, 0) is 36.8 Å². The van der Waals surface area contributed by atoms with E-state index in [1.54, 1.807) is 13.8 Å². The Hall–Kier alpha value is -5.30. The molecule has 53 heavy (non-hydrogen) atoms. The van der Waals surface area contributed by atoms with E-state index in [4.69, 9.17) is 9.26 Å². The van der Waals surface area contributed by atoms with Gasteiger partial charge in [0.15, 0.2) is 11.5 Å². The van der Waals surface area contributed by atoms with E-state index in [1.807, 2.05) is 88.4 Å². The van der Waals surface area contributed by atoms with Crippen LogP contribution in [0.4, 0.5) is 0 Å². The number of Topliss-reactive ketones (excluding diaryl/α,β-unsaturated/α-hetero) is 1. The monoisotopic (exact) mass is 726 g/mol. The van der Waals surface area contributed by atoms with Crippen molar-refractivity contribution in [3.8, 4) is 0 Å². The van der Waals surface area contributed by atoms with E-state index >= 15 is 0 Å². The van der Waals surface area contributed by atoms with Gasteiger partial charge in [-0.25, -0.2) is 0 Å². The summed E-state index contributed by atoms with van der Waals surface area (Å²) in [7, 11) is 0. The second-order valence-corrected chi connectivity index (χ2v) is 15.0. The average molecular weight is 727 g/mol. The molecular formula is C40H50N6O7. The molecule has 0 saturated carbocycles. The van der Waals surface area contributed by atoms with Crippen molar-refractivity contribution in [1.29, 1.82) is 0 Å². The molecule has 4 aromatic rings. The maximum Gasteiger partial charge on any atom is 0.274 e. The fourth-order valence-corrected chi connectivity index (χ4v) is 6.28. The highest BCUT2D eigenvalue weighted by atomic mass is 16.6. The number of nitrogens with zero attached hydrogens (tertiary/aromatic N) is 1. The van der Waals surface area contributed by atoms with Crippen molar-refractivity contribution in [2.24, 2.45) is 11.8 Å². The van der Waals surface area contributed by atoms with Crippen molar-refractivity contribution in [3.63, 3.8) is 0 Å². The Balaban J connectivity index is 1.37. The summed E-state index contributed by atoms with van der Waals surface area (Å²) in [6.07, 6.45) is 0.884. The first-order valence-electron chi connectivity index (χ1n) is 18.1. The fourth-order valence-electron chi connectivity index (χ4n) is 6.28. The number of hydrogen-bond acceptors (Lipinski definition) is 8. The van der Waals surface area contributed by atoms with E-state index in [1.165, 1.54) is 6.07 Å². The van der Waals surface area contributed by atoms with Gasteiger partial charge in [-0.2, -0.15) is 0 Å². The Morgan fingerprint density at radius 3 is 1.92 bits per heavy atom. The van der Waals surface area contributed by atoms with E-state index in [0.717, 1.165) is 16.5 Å². The van der Waals surface area contributed by atoms with E-state index in [9.17, 15) is 24.0 Å². The molecule has 0 aliphatic carbocycles. The summed E-state index contributed by atoms with van der Waals surface area (Å²) in [5.74, 6) is -2.00. The van der Waals surface area contributed by atoms with Crippen LogP contribution < -0.4 is 21.3 Å². The number of H-pyrrole nitrogens is 1. The van der Waals surface area contributed by atoms with Crippen LogP contribution in [0.5, 0.6) is 0 Å². The van der Waals surface area contributed by atoms with Gasteiger partial charge in [-0.15, -0.1) is 0 Å². The van der Waals surface area contributed by atoms with Gasteiger partial charge in [0.1, 0.15) is 29.5 Å². The molecule has 1 saturated heterocycles. The Morgan fingerprint density at radius 1 is 0.755 bits per heavy atom. The largest absolute Gasteiger partial charge is 0.361 e. The third kappa shape index (κ3) is 10.6. The number of aromatic nitrogens is 2. The minimum atomic E-state index is -1.10. The first-order valence-corrected chi connectivity index (χ1v) is 18.1. The summed E-state index contributed by atoms with van der Waals surface area (Å²) in [6, 6.07) is 16.2. The van der Waals surface area contributed by atoms with Crippen LogP contribution in [0.25, 0.3) is 10.9 Å². The summed E-state index contributed by atoms with van der Waals surface area (Å²) in [6.45, 7) is 11.4. The number of epoxide rings is 1. The average Bonchev–Trinajstić information content (AvgIpc) is 3.49. The van der Waals surface area contributed by atoms with Crippen LogP contribution >= 0.6 is 0 Å². The molecule has 4 amide bonds. The van der Waals surface area contributed by atoms with Crippen molar-refractivity contribution in [2.45, 2.75) is 97.0 Å². The van der Waals surface area contributed by atoms with Gasteiger partial charge in [-0.05, 0) is 61.6 Å². The molecule has 282 valence electrons. The highest BCUT2D eigenvalue weighted by Gasteiger charge is 2.50. The molecule has 13 nitrogen and oxygen atoms in total. The topological polar surface area (TPSA) is 188 Å². The number of hydrogen-bond donors (Lipinski definition) is 5. The van der Waals surface area contributed by atoms with E-state index < -0.39 is 53.4 Å². The van der Waals surface area contributed by atoms with Crippen molar-refractivity contribution in [2.75, 3.05) is 6.61 Å². The number of fused-ring (bicyclic) bond motifs is 1. The molecule has 2 aromatic heterocycles. The van der Waals surface area contributed by atoms with E-state index in [0.29, 0.717) is 17.9 Å². The summed E-state index contributed by atoms with van der Waals surface area (Å²) in [5.41, 5.74) is 1.44. The maximum absolute atomic E-state index is 14.1. The standard InChI is InChI=1S/C40H50N6O7/c1-23(2)16-30(35(47)40(6)22-52-40)42-37(49)32(19-26-12-8-7-9-13-26)44-36(48)31(17-24(3)4)43-38(50)33(45-39(51)34-18-25(5)53-46-34)21-28-20-27-14-10-11-15-29(27)41-28/h7-15,18,20,23-24,30-33,41H,16-17,19,21-22H2,1-6H3,(H,42,49)(H,43,50)(H,44,48)(H,45,51)/t30-,31-,32-,33-,40+/m0/s1. The molecule has 3 heterocycles. The maximum atomic E-state index is 14.1. The fraction of sp³-hybridized carbons (Fsp3) is 0.450. The summed E-state index contributed by atoms with van der Waals surface area (Å²) >= 11 is 0. The van der Waals surface area contributed by atoms with Gasteiger partial charge in [0, 0.05) is 30.1 Å². The molecule has 1 fully saturated rings. The van der Waals surface area contributed by atoms with Gasteiger partial charge < -0.3 is 35.5 Å². The minimum absolute atomic E-state index is 0.0136. The lowest BCUT2D eigenvalue weighted by Crippen LogP contribution is -2.59. The number of rotatable bonds is 18. The van der Waals surface area contributed by atoms with Crippen LogP contribution in [0.2, 0.25) is 0 Å². The smallest absolute Gasteiger partial charge is 0.274 e. The zero-order valence-electron chi connectivity index (χ0n) is 31.2. The quantitative estimate of drug-likeness (QED) is 0.0954. The number of carbonyl (C=O) groups is 5. The molecule has 5 atom stereocenters. The number of carbonyl (C=O) groups excluding carboxylic acids is 5. The van der Waals surface area contributed by atoms with Crippen molar-refractivity contribution >= 4 is 40.3 Å². The molecule has 1 aliphatic rings. The van der Waals surface area contributed by atoms with Crippen LogP contribution in [0.1, 0.15) is 75.0 Å². The predicted octanol–water partition coefficient (Wildman–Crippen LogP) is 3.95. The molecule has 13 heteroatoms. The molecule has 5 N–H and O–H groups in total. The molecule has 0 unspecified atom stereocenters. The molecule has 1 aliphatic heterocycles. The zero-order valence-corrected chi connectivity index (χ0v) is 31.2. The number of aryl methyl sites for hydroxylation is 1. The van der Waals surface area contributed by atoms with Crippen molar-refractivity contribution in [1.82, 2.24) is 31.4 Å². The van der Waals surface area contributed by atoms with Crippen molar-refractivity contribution < 1.29 is 33.2 Å². The first-order chi connectivity index (χ1) is 25.2. The number of benzene rings is 2. The van der Waals surface area contributed by atoms with E-state index in [2.05, 4.69) is 31.4 Å². The number of nitrogens with one attached hydrogen (secondary N) is 5. The Kier molecular flexibility index (Phi) is 12.5. The SMILES string of the molecule is Cc1cc(C(=O)N[C@@H](Cc2cc3ccccc3[nH]2)C(=O)N[C@@H](CC(C)C)C(=O)N[C@@H](Cc2ccccc2)C(=O)N[C@@H](CC(C)C)C(=O)[C@@]2(C)CO2)no1. The van der Waals surface area contributed by atoms with Gasteiger partial charge >= 0.3 is 0 Å². The summed E-state index contributed by atoms with van der Waals surface area (Å²) in [5, 5.41) is 16.1. The lowest BCUT2D eigenvalue weighted by atomic mass is 9.93. The lowest BCUT2D eigenvalue weighted by molar-refractivity contribution is -0.134. The highest BCUT2D eigenvalue weighted by molar-refractivity contribution is 5.99. The first kappa shape index (κ1) is 38.9. The molecule has 0 bridgehead atoms. The van der Waals surface area contributed by atoms with Crippen LogP contribution in [-0.4, -0.2) is 75.9 Å². The second-order valence-electron chi connectivity index (χ2n) is 15.0. The van der Waals surface area contributed by atoms with Gasteiger partial charge in [-0.1, -0.05) is 81.4 Å². The normalized spacial score (nSPS) is 17.5. The lowest BCUT2D eigenvalue weighted by Gasteiger charge is -2.28. The van der Waals surface area contributed by atoms with Crippen molar-refractivity contribution in [3.05, 3.63) is 89.4 Å². The second kappa shape index (κ2) is 17.0. The molecule has 0 spiro atoms. The predicted molar refractivity (Wildman–Crippen MR) is 199 cm³/mol. The Morgan fingerprint density at radius 2 is 1.32 bits per heavy atom. The highest BCUT2D eigenvalue weighted by Crippen LogP contribution is 2.29. The number of aromatic amines is 1. The van der Waals surface area contributed by atoms with Crippen LogP contribution in [0.15, 0.2) is 71.3 Å². The van der Waals surface area contributed by atoms with Gasteiger partial charge in [0.2, 0.25) is 17.7 Å². The molecular weight excluding hydrogens is 676 g/mol. The van der Waals surface area contributed by atoms with Gasteiger partial charge in [0.25, 0.3) is 5.91 Å². The molecule has 0 radical (unpaired) electrons. The number of ether oxygens (including phenoxy) is 1.